The maximum absolute atomic E-state index is 12.7. The van der Waals surface area contributed by atoms with Gasteiger partial charge in [-0.3, -0.25) is 4.79 Å². The molecule has 0 radical (unpaired) electrons. The highest BCUT2D eigenvalue weighted by Gasteiger charge is 2.22. The molecule has 160 valence electrons. The van der Waals surface area contributed by atoms with Crippen LogP contribution in [0.4, 0.5) is 5.00 Å². The minimum Gasteiger partial charge on any atom is -0.462 e. The number of hydrogen-bond acceptors (Lipinski definition) is 4. The number of carbonyl (C=O) groups excluding carboxylic acids is 2. The molecule has 1 aromatic heterocycles. The maximum atomic E-state index is 12.7. The van der Waals surface area contributed by atoms with Crippen LogP contribution in [0.2, 0.25) is 0 Å². The fourth-order valence-corrected chi connectivity index (χ4v) is 4.08. The molecule has 1 heterocycles. The third-order valence-corrected chi connectivity index (χ3v) is 5.80. The van der Waals surface area contributed by atoms with Gasteiger partial charge >= 0.3 is 5.97 Å². The van der Waals surface area contributed by atoms with Crippen LogP contribution in [-0.2, 0) is 9.53 Å². The van der Waals surface area contributed by atoms with Crippen LogP contribution >= 0.6 is 11.3 Å². The van der Waals surface area contributed by atoms with Crippen molar-refractivity contribution in [1.82, 2.24) is 0 Å². The lowest BCUT2D eigenvalue weighted by Gasteiger charge is -2.08. The summed E-state index contributed by atoms with van der Waals surface area (Å²) in [6.07, 6.45) is 3.24. The van der Waals surface area contributed by atoms with Gasteiger partial charge in [0, 0.05) is 17.0 Å². The maximum Gasteiger partial charge on any atom is 0.341 e. The summed E-state index contributed by atoms with van der Waals surface area (Å²) < 4.78 is 5.25. The Hall–Kier alpha value is -3.18. The number of rotatable bonds is 7. The molecule has 0 fully saturated rings. The van der Waals surface area contributed by atoms with Crippen molar-refractivity contribution >= 4 is 34.3 Å². The molecule has 0 unspecified atom stereocenters. The quantitative estimate of drug-likeness (QED) is 0.334. The van der Waals surface area contributed by atoms with Gasteiger partial charge in [0.2, 0.25) is 5.91 Å². The van der Waals surface area contributed by atoms with Gasteiger partial charge in [0.15, 0.2) is 0 Å². The Bertz CT molecular complexity index is 1080. The molecule has 0 saturated carbocycles. The Labute approximate surface area is 187 Å². The smallest absolute Gasteiger partial charge is 0.341 e. The number of amides is 1. The Morgan fingerprint density at radius 3 is 2.35 bits per heavy atom. The minimum atomic E-state index is -0.442. The number of ether oxygens (including phenoxy) is 1. The van der Waals surface area contributed by atoms with Gasteiger partial charge in [-0.05, 0) is 42.5 Å². The highest BCUT2D eigenvalue weighted by atomic mass is 32.1. The van der Waals surface area contributed by atoms with Gasteiger partial charge in [-0.15, -0.1) is 11.3 Å². The summed E-state index contributed by atoms with van der Waals surface area (Å²) in [7, 11) is 0. The molecular weight excluding hydrogens is 406 g/mol. The molecule has 0 bridgehead atoms. The summed E-state index contributed by atoms with van der Waals surface area (Å²) >= 11 is 1.32. The first kappa shape index (κ1) is 22.5. The number of nitrogens with one attached hydrogen (secondary N) is 1. The first-order valence-electron chi connectivity index (χ1n) is 10.3. The van der Waals surface area contributed by atoms with Crippen LogP contribution in [0, 0.1) is 6.92 Å². The number of thiophene rings is 1. The van der Waals surface area contributed by atoms with Gasteiger partial charge in [0.05, 0.1) is 6.61 Å². The average molecular weight is 434 g/mol. The van der Waals surface area contributed by atoms with Crippen molar-refractivity contribution < 1.29 is 14.3 Å². The number of benzene rings is 2. The highest BCUT2D eigenvalue weighted by molar-refractivity contribution is 7.15. The van der Waals surface area contributed by atoms with E-state index in [1.807, 2.05) is 48.7 Å². The number of anilines is 1. The van der Waals surface area contributed by atoms with Crippen LogP contribution < -0.4 is 5.32 Å². The molecule has 0 aliphatic heterocycles. The normalized spacial score (nSPS) is 11.1. The molecule has 5 heteroatoms. The van der Waals surface area contributed by atoms with E-state index in [1.54, 1.807) is 13.0 Å². The van der Waals surface area contributed by atoms with E-state index in [0.717, 1.165) is 22.3 Å². The third-order valence-electron chi connectivity index (χ3n) is 4.90. The Morgan fingerprint density at radius 1 is 1.06 bits per heavy atom. The molecule has 0 atom stereocenters. The van der Waals surface area contributed by atoms with E-state index in [9.17, 15) is 9.59 Å². The summed E-state index contributed by atoms with van der Waals surface area (Å²) in [5.74, 6) is -0.275. The topological polar surface area (TPSA) is 55.4 Å². The third kappa shape index (κ3) is 5.70. The summed E-state index contributed by atoms with van der Waals surface area (Å²) in [6.45, 7) is 8.33. The Morgan fingerprint density at radius 2 is 1.74 bits per heavy atom. The Kier molecular flexibility index (Phi) is 7.42. The molecular formula is C26H27NO3S. The number of esters is 1. The van der Waals surface area contributed by atoms with Crippen molar-refractivity contribution in [2.24, 2.45) is 0 Å². The van der Waals surface area contributed by atoms with Crippen molar-refractivity contribution in [2.75, 3.05) is 11.9 Å². The van der Waals surface area contributed by atoms with Gasteiger partial charge in [-0.1, -0.05) is 67.9 Å². The highest BCUT2D eigenvalue weighted by Crippen LogP contribution is 2.36. The largest absolute Gasteiger partial charge is 0.462 e. The first-order chi connectivity index (χ1) is 14.9. The van der Waals surface area contributed by atoms with Crippen molar-refractivity contribution in [2.45, 2.75) is 33.6 Å². The average Bonchev–Trinajstić information content (AvgIpc) is 3.16. The minimum absolute atomic E-state index is 0.266. The van der Waals surface area contributed by atoms with Gasteiger partial charge in [-0.2, -0.15) is 0 Å². The molecule has 3 aromatic rings. The molecule has 0 aliphatic rings. The summed E-state index contributed by atoms with van der Waals surface area (Å²) in [4.78, 5) is 25.2. The van der Waals surface area contributed by atoms with Crippen LogP contribution in [0.25, 0.3) is 17.2 Å². The number of carbonyl (C=O) groups is 2. The van der Waals surface area contributed by atoms with Crippen LogP contribution in [0.3, 0.4) is 0 Å². The van der Waals surface area contributed by atoms with Crippen LogP contribution in [0.5, 0.6) is 0 Å². The lowest BCUT2D eigenvalue weighted by Crippen LogP contribution is -2.12. The lowest BCUT2D eigenvalue weighted by atomic mass is 10.0. The molecule has 31 heavy (non-hydrogen) atoms. The van der Waals surface area contributed by atoms with Crippen molar-refractivity contribution in [3.05, 3.63) is 82.2 Å². The van der Waals surface area contributed by atoms with Crippen LogP contribution in [0.1, 0.15) is 53.7 Å². The van der Waals surface area contributed by atoms with E-state index in [4.69, 9.17) is 4.74 Å². The van der Waals surface area contributed by atoms with Crippen LogP contribution in [-0.4, -0.2) is 18.5 Å². The fourth-order valence-electron chi connectivity index (χ4n) is 3.12. The Balaban J connectivity index is 1.82. The molecule has 1 N–H and O–H groups in total. The van der Waals surface area contributed by atoms with E-state index in [2.05, 4.69) is 31.3 Å². The van der Waals surface area contributed by atoms with E-state index in [0.29, 0.717) is 16.5 Å². The van der Waals surface area contributed by atoms with E-state index >= 15 is 0 Å². The van der Waals surface area contributed by atoms with E-state index < -0.39 is 5.97 Å². The molecule has 4 nitrogen and oxygen atoms in total. The second kappa shape index (κ2) is 10.2. The van der Waals surface area contributed by atoms with Crippen molar-refractivity contribution in [3.63, 3.8) is 0 Å². The second-order valence-corrected chi connectivity index (χ2v) is 8.46. The van der Waals surface area contributed by atoms with Gasteiger partial charge in [-0.25, -0.2) is 4.79 Å². The SMILES string of the molecule is CCOC(=O)c1c(-c2ccc(C)cc2)csc1NC(=O)/C=C/c1ccc(C(C)C)cc1. The fraction of sp³-hybridized carbons (Fsp3) is 0.231. The van der Waals surface area contributed by atoms with Gasteiger partial charge < -0.3 is 10.1 Å². The van der Waals surface area contributed by atoms with Crippen LogP contribution in [0.15, 0.2) is 60.0 Å². The van der Waals surface area contributed by atoms with Crippen molar-refractivity contribution in [3.8, 4) is 11.1 Å². The number of aryl methyl sites for hydroxylation is 1. The van der Waals surface area contributed by atoms with Gasteiger partial charge in [0.25, 0.3) is 0 Å². The first-order valence-corrected chi connectivity index (χ1v) is 11.2. The standard InChI is InChI=1S/C26H27NO3S/c1-5-30-26(29)24-22(21-11-6-18(4)7-12-21)16-31-25(24)27-23(28)15-10-19-8-13-20(14-9-19)17(2)3/h6-17H,5H2,1-4H3,(H,27,28)/b15-10+. The number of hydrogen-bond donors (Lipinski definition) is 1. The predicted octanol–water partition coefficient (Wildman–Crippen LogP) is 6.68. The zero-order valence-electron chi connectivity index (χ0n) is 18.3. The molecule has 0 aliphatic carbocycles. The molecule has 1 amide bonds. The lowest BCUT2D eigenvalue weighted by molar-refractivity contribution is -0.111. The summed E-state index contributed by atoms with van der Waals surface area (Å²) in [5.41, 5.74) is 5.38. The zero-order valence-corrected chi connectivity index (χ0v) is 19.1. The molecule has 2 aromatic carbocycles. The zero-order chi connectivity index (χ0) is 22.4. The summed E-state index contributed by atoms with van der Waals surface area (Å²) in [6, 6.07) is 16.0. The predicted molar refractivity (Wildman–Crippen MR) is 129 cm³/mol. The molecule has 3 rings (SSSR count). The summed E-state index contributed by atoms with van der Waals surface area (Å²) in [5, 5.41) is 5.20. The van der Waals surface area contributed by atoms with E-state index in [1.165, 1.54) is 23.0 Å². The molecule has 0 spiro atoms. The van der Waals surface area contributed by atoms with Gasteiger partial charge in [0.1, 0.15) is 10.6 Å². The van der Waals surface area contributed by atoms with E-state index in [-0.39, 0.29) is 12.5 Å². The van der Waals surface area contributed by atoms with Crippen molar-refractivity contribution in [1.29, 1.82) is 0 Å². The monoisotopic (exact) mass is 433 g/mol. The second-order valence-electron chi connectivity index (χ2n) is 7.58. The molecule has 0 saturated heterocycles.